The quantitative estimate of drug-likeness (QED) is 0.425. The maximum atomic E-state index is 12.8. The molecular formula is C26H32N4O5. The molecule has 3 rings (SSSR count). The molecule has 2 aromatic rings. The highest BCUT2D eigenvalue weighted by Crippen LogP contribution is 2.15. The van der Waals surface area contributed by atoms with Crippen molar-refractivity contribution < 1.29 is 23.9 Å². The molecule has 9 nitrogen and oxygen atoms in total. The predicted octanol–water partition coefficient (Wildman–Crippen LogP) is 2.34. The van der Waals surface area contributed by atoms with Gasteiger partial charge in [0.1, 0.15) is 6.04 Å². The van der Waals surface area contributed by atoms with Gasteiger partial charge in [0.25, 0.3) is 0 Å². The van der Waals surface area contributed by atoms with Crippen LogP contribution in [0.1, 0.15) is 31.7 Å². The van der Waals surface area contributed by atoms with Crippen LogP contribution in [0.3, 0.4) is 0 Å². The van der Waals surface area contributed by atoms with Crippen LogP contribution in [0.25, 0.3) is 0 Å². The Kier molecular flexibility index (Phi) is 9.65. The van der Waals surface area contributed by atoms with Gasteiger partial charge in [-0.05, 0) is 42.7 Å². The normalized spacial score (nSPS) is 15.2. The van der Waals surface area contributed by atoms with E-state index in [1.807, 2.05) is 37.3 Å². The highest BCUT2D eigenvalue weighted by atomic mass is 16.5. The number of rotatable bonds is 11. The molecule has 0 radical (unpaired) electrons. The maximum absolute atomic E-state index is 12.8. The summed E-state index contributed by atoms with van der Waals surface area (Å²) < 4.78 is 5.07. The molecule has 35 heavy (non-hydrogen) atoms. The first-order chi connectivity index (χ1) is 17.0. The first-order valence-corrected chi connectivity index (χ1v) is 11.9. The second-order valence-electron chi connectivity index (χ2n) is 8.28. The molecule has 186 valence electrons. The molecule has 2 aromatic carbocycles. The van der Waals surface area contributed by atoms with Gasteiger partial charge in [0, 0.05) is 30.9 Å². The van der Waals surface area contributed by atoms with Crippen LogP contribution in [0.5, 0.6) is 0 Å². The minimum absolute atomic E-state index is 0.0312. The summed E-state index contributed by atoms with van der Waals surface area (Å²) in [7, 11) is 0. The van der Waals surface area contributed by atoms with E-state index in [-0.39, 0.29) is 37.3 Å². The average molecular weight is 481 g/mol. The zero-order chi connectivity index (χ0) is 25.0. The van der Waals surface area contributed by atoms with Crippen LogP contribution < -0.4 is 16.0 Å². The number of carbonyl (C=O) groups is 4. The van der Waals surface area contributed by atoms with Gasteiger partial charge in [-0.3, -0.25) is 19.2 Å². The fourth-order valence-corrected chi connectivity index (χ4v) is 3.73. The second-order valence-corrected chi connectivity index (χ2v) is 8.28. The lowest BCUT2D eigenvalue weighted by atomic mass is 10.1. The lowest BCUT2D eigenvalue weighted by Gasteiger charge is -2.34. The van der Waals surface area contributed by atoms with Gasteiger partial charge in [0.05, 0.1) is 19.6 Å². The van der Waals surface area contributed by atoms with E-state index in [0.717, 1.165) is 5.56 Å². The van der Waals surface area contributed by atoms with Crippen molar-refractivity contribution in [2.75, 3.05) is 36.9 Å². The largest absolute Gasteiger partial charge is 0.466 e. The first-order valence-electron chi connectivity index (χ1n) is 11.9. The maximum Gasteiger partial charge on any atom is 0.308 e. The molecule has 0 spiro atoms. The summed E-state index contributed by atoms with van der Waals surface area (Å²) in [6, 6.07) is 16.0. The van der Waals surface area contributed by atoms with Crippen LogP contribution >= 0.6 is 0 Å². The molecule has 1 aliphatic rings. The highest BCUT2D eigenvalue weighted by Gasteiger charge is 2.34. The zero-order valence-corrected chi connectivity index (χ0v) is 19.9. The molecule has 1 fully saturated rings. The second kappa shape index (κ2) is 13.1. The van der Waals surface area contributed by atoms with E-state index in [4.69, 9.17) is 4.74 Å². The number of nitrogens with zero attached hydrogens (tertiary/aromatic N) is 1. The van der Waals surface area contributed by atoms with E-state index < -0.39 is 12.0 Å². The van der Waals surface area contributed by atoms with Crippen molar-refractivity contribution in [1.82, 2.24) is 10.2 Å². The minimum atomic E-state index is -0.879. The predicted molar refractivity (Wildman–Crippen MR) is 133 cm³/mol. The topological polar surface area (TPSA) is 117 Å². The van der Waals surface area contributed by atoms with Crippen LogP contribution in [-0.4, -0.2) is 60.9 Å². The van der Waals surface area contributed by atoms with E-state index >= 15 is 0 Å². The molecule has 1 aliphatic heterocycles. The van der Waals surface area contributed by atoms with Crippen molar-refractivity contribution in [1.29, 1.82) is 0 Å². The van der Waals surface area contributed by atoms with Crippen LogP contribution in [-0.2, 0) is 30.3 Å². The standard InChI is InChI=1S/C26H32N4O5/c1-2-16-35-25(33)17-22-26(34)27-14-15-30(22)24(32)18-28-20-9-11-21(12-10-20)29-23(31)13-8-19-6-4-3-5-7-19/h3-7,9-12,22,28H,2,8,13-18H2,1H3,(H,27,34)(H,29,31). The number of nitrogens with one attached hydrogen (secondary N) is 3. The molecule has 0 aromatic heterocycles. The first kappa shape index (κ1) is 25.7. The summed E-state index contributed by atoms with van der Waals surface area (Å²) in [5.74, 6) is -1.21. The number of hydrogen-bond donors (Lipinski definition) is 3. The molecule has 0 aliphatic carbocycles. The van der Waals surface area contributed by atoms with Crippen molar-refractivity contribution in [3.05, 3.63) is 60.2 Å². The Balaban J connectivity index is 1.47. The fraction of sp³-hybridized carbons (Fsp3) is 0.385. The zero-order valence-electron chi connectivity index (χ0n) is 19.9. The Bertz CT molecular complexity index is 1010. The van der Waals surface area contributed by atoms with Gasteiger partial charge in [0.2, 0.25) is 17.7 Å². The van der Waals surface area contributed by atoms with Gasteiger partial charge in [-0.2, -0.15) is 0 Å². The van der Waals surface area contributed by atoms with Gasteiger partial charge >= 0.3 is 5.97 Å². The van der Waals surface area contributed by atoms with E-state index in [1.54, 1.807) is 24.3 Å². The summed E-state index contributed by atoms with van der Waals surface area (Å²) >= 11 is 0. The Morgan fingerprint density at radius 3 is 2.49 bits per heavy atom. The molecule has 0 saturated carbocycles. The van der Waals surface area contributed by atoms with Crippen LogP contribution in [0.4, 0.5) is 11.4 Å². The number of piperazine rings is 1. The van der Waals surface area contributed by atoms with Crippen LogP contribution in [0.2, 0.25) is 0 Å². The van der Waals surface area contributed by atoms with Crippen LogP contribution in [0, 0.1) is 0 Å². The average Bonchev–Trinajstić information content (AvgIpc) is 2.87. The highest BCUT2D eigenvalue weighted by molar-refractivity contribution is 5.93. The molecule has 3 amide bonds. The van der Waals surface area contributed by atoms with Gasteiger partial charge in [-0.15, -0.1) is 0 Å². The van der Waals surface area contributed by atoms with Gasteiger partial charge < -0.3 is 25.6 Å². The molecule has 9 heteroatoms. The number of benzene rings is 2. The fourth-order valence-electron chi connectivity index (χ4n) is 3.73. The molecule has 1 unspecified atom stereocenters. The summed E-state index contributed by atoms with van der Waals surface area (Å²) in [6.45, 7) is 2.80. The number of esters is 1. The van der Waals surface area contributed by atoms with E-state index in [0.29, 0.717) is 43.7 Å². The number of ether oxygens (including phenoxy) is 1. The molecule has 1 atom stereocenters. The van der Waals surface area contributed by atoms with Gasteiger partial charge in [-0.25, -0.2) is 0 Å². The SMILES string of the molecule is CCCOC(=O)CC1C(=O)NCCN1C(=O)CNc1ccc(NC(=O)CCc2ccccc2)cc1. The smallest absolute Gasteiger partial charge is 0.308 e. The Morgan fingerprint density at radius 2 is 1.77 bits per heavy atom. The summed E-state index contributed by atoms with van der Waals surface area (Å²) in [5.41, 5.74) is 2.47. The summed E-state index contributed by atoms with van der Waals surface area (Å²) in [5, 5.41) is 8.61. The third-order valence-electron chi connectivity index (χ3n) is 5.57. The van der Waals surface area contributed by atoms with Crippen molar-refractivity contribution in [2.24, 2.45) is 0 Å². The molecular weight excluding hydrogens is 448 g/mol. The lowest BCUT2D eigenvalue weighted by Crippen LogP contribution is -2.58. The Labute approximate surface area is 205 Å². The van der Waals surface area contributed by atoms with Crippen molar-refractivity contribution in [2.45, 2.75) is 38.6 Å². The Hall–Kier alpha value is -3.88. The van der Waals surface area contributed by atoms with Crippen molar-refractivity contribution in [3.8, 4) is 0 Å². The van der Waals surface area contributed by atoms with E-state index in [9.17, 15) is 19.2 Å². The number of anilines is 2. The monoisotopic (exact) mass is 480 g/mol. The van der Waals surface area contributed by atoms with Gasteiger partial charge in [0.15, 0.2) is 0 Å². The summed E-state index contributed by atoms with van der Waals surface area (Å²) in [4.78, 5) is 50.7. The van der Waals surface area contributed by atoms with Crippen LogP contribution in [0.15, 0.2) is 54.6 Å². The van der Waals surface area contributed by atoms with E-state index in [2.05, 4.69) is 16.0 Å². The Morgan fingerprint density at radius 1 is 1.06 bits per heavy atom. The lowest BCUT2D eigenvalue weighted by molar-refractivity contribution is -0.151. The number of carbonyl (C=O) groups excluding carboxylic acids is 4. The minimum Gasteiger partial charge on any atom is -0.466 e. The number of amides is 3. The third kappa shape index (κ3) is 8.13. The third-order valence-corrected chi connectivity index (χ3v) is 5.57. The van der Waals surface area contributed by atoms with Gasteiger partial charge in [-0.1, -0.05) is 37.3 Å². The molecule has 3 N–H and O–H groups in total. The number of aryl methyl sites for hydroxylation is 1. The van der Waals surface area contributed by atoms with Crippen molar-refractivity contribution >= 4 is 35.1 Å². The summed E-state index contributed by atoms with van der Waals surface area (Å²) in [6.07, 6.45) is 1.57. The molecule has 0 bridgehead atoms. The van der Waals surface area contributed by atoms with E-state index in [1.165, 1.54) is 4.90 Å². The molecule has 1 saturated heterocycles. The van der Waals surface area contributed by atoms with Crippen molar-refractivity contribution in [3.63, 3.8) is 0 Å². The number of hydrogen-bond acceptors (Lipinski definition) is 6. The molecule has 1 heterocycles.